The van der Waals surface area contributed by atoms with E-state index in [1.165, 1.54) is 16.6 Å². The molecule has 0 bridgehead atoms. The van der Waals surface area contributed by atoms with Crippen molar-refractivity contribution in [3.8, 4) is 50.5 Å². The fourth-order valence-electron chi connectivity index (χ4n) is 5.47. The fourth-order valence-corrected chi connectivity index (χ4v) is 5.47. The molecule has 1 aromatic heterocycles. The third-order valence-corrected chi connectivity index (χ3v) is 7.39. The molecule has 7 rings (SSSR count). The molecule has 5 aromatic carbocycles. The van der Waals surface area contributed by atoms with E-state index in [2.05, 4.69) is 95.8 Å². The van der Waals surface area contributed by atoms with Crippen molar-refractivity contribution >= 4 is 24.3 Å². The highest BCUT2D eigenvalue weighted by Gasteiger charge is 2.25. The highest BCUT2D eigenvalue weighted by atomic mass is 16.3. The van der Waals surface area contributed by atoms with Gasteiger partial charge in [-0.2, -0.15) is 0 Å². The minimum atomic E-state index is 0.231. The number of phenols is 1. The van der Waals surface area contributed by atoms with Crippen molar-refractivity contribution in [1.82, 2.24) is 4.98 Å². The van der Waals surface area contributed by atoms with Crippen molar-refractivity contribution < 1.29 is 5.11 Å². The molecule has 0 radical (unpaired) electrons. The Morgan fingerprint density at radius 3 is 1.85 bits per heavy atom. The van der Waals surface area contributed by atoms with Gasteiger partial charge in [-0.15, -0.1) is 0 Å². The Bertz CT molecular complexity index is 1740. The van der Waals surface area contributed by atoms with Crippen molar-refractivity contribution in [3.63, 3.8) is 0 Å². The zero-order valence-corrected chi connectivity index (χ0v) is 21.3. The van der Waals surface area contributed by atoms with Crippen LogP contribution in [-0.4, -0.2) is 17.5 Å². The van der Waals surface area contributed by atoms with Crippen LogP contribution in [0.15, 0.2) is 140 Å². The molecule has 1 aliphatic heterocycles. The Labute approximate surface area is 228 Å². The maximum Gasteiger partial charge on any atom is 0.276 e. The van der Waals surface area contributed by atoms with Crippen LogP contribution >= 0.6 is 0 Å². The molecular weight excluding hydrogens is 475 g/mol. The standard InChI is InChI=1S/C35H25BN2O/c39-35-23-26(19-20-34(35)38-33-18-10-8-16-29(33)28-15-7-9-17-30(28)36-38)32-22-27(24-11-3-1-4-12-24)21-31(37-32)25-13-5-2-6-14-25/h1-23,36,39H. The van der Waals surface area contributed by atoms with Gasteiger partial charge in [0.05, 0.1) is 17.1 Å². The van der Waals surface area contributed by atoms with Crippen molar-refractivity contribution in [2.24, 2.45) is 0 Å². The predicted molar refractivity (Wildman–Crippen MR) is 163 cm³/mol. The molecule has 1 aliphatic rings. The van der Waals surface area contributed by atoms with Gasteiger partial charge >= 0.3 is 0 Å². The lowest BCUT2D eigenvalue weighted by molar-refractivity contribution is 0.477. The molecule has 0 spiro atoms. The van der Waals surface area contributed by atoms with Crippen molar-refractivity contribution in [1.29, 1.82) is 0 Å². The number of aromatic nitrogens is 1. The van der Waals surface area contributed by atoms with E-state index in [1.54, 1.807) is 0 Å². The van der Waals surface area contributed by atoms with Gasteiger partial charge in [-0.1, -0.05) is 115 Å². The average Bonchev–Trinajstić information content (AvgIpc) is 3.01. The van der Waals surface area contributed by atoms with Crippen LogP contribution in [0.5, 0.6) is 5.75 Å². The van der Waals surface area contributed by atoms with E-state index in [1.807, 2.05) is 48.5 Å². The second kappa shape index (κ2) is 9.66. The van der Waals surface area contributed by atoms with Crippen LogP contribution < -0.4 is 10.3 Å². The molecule has 184 valence electrons. The van der Waals surface area contributed by atoms with E-state index in [9.17, 15) is 5.11 Å². The van der Waals surface area contributed by atoms with Gasteiger partial charge in [-0.05, 0) is 47.0 Å². The Morgan fingerprint density at radius 1 is 0.487 bits per heavy atom. The van der Waals surface area contributed by atoms with Crippen molar-refractivity contribution in [2.75, 3.05) is 4.81 Å². The Morgan fingerprint density at radius 2 is 1.10 bits per heavy atom. The normalized spacial score (nSPS) is 11.8. The SMILES string of the molecule is Oc1cc(-c2cc(-c3ccccc3)cc(-c3ccccc3)n2)ccc1N1Bc2ccccc2-c2ccccc21. The molecule has 0 unspecified atom stereocenters. The number of hydrogen-bond acceptors (Lipinski definition) is 3. The first kappa shape index (κ1) is 23.1. The summed E-state index contributed by atoms with van der Waals surface area (Å²) in [5.74, 6) is 0.231. The largest absolute Gasteiger partial charge is 0.506 e. The highest BCUT2D eigenvalue weighted by molar-refractivity contribution is 6.63. The molecule has 1 N–H and O–H groups in total. The zero-order valence-electron chi connectivity index (χ0n) is 21.3. The number of pyridine rings is 1. The first-order valence-corrected chi connectivity index (χ1v) is 13.2. The summed E-state index contributed by atoms with van der Waals surface area (Å²) >= 11 is 0. The van der Waals surface area contributed by atoms with E-state index < -0.39 is 0 Å². The van der Waals surface area contributed by atoms with Gasteiger partial charge in [0.1, 0.15) is 5.75 Å². The monoisotopic (exact) mass is 500 g/mol. The highest BCUT2D eigenvalue weighted by Crippen LogP contribution is 2.42. The maximum atomic E-state index is 11.4. The molecule has 6 aromatic rings. The van der Waals surface area contributed by atoms with Crippen LogP contribution in [0.25, 0.3) is 44.8 Å². The Hall–Kier alpha value is -5.09. The van der Waals surface area contributed by atoms with E-state index in [0.717, 1.165) is 45.0 Å². The van der Waals surface area contributed by atoms with Gasteiger partial charge in [-0.25, -0.2) is 4.98 Å². The van der Waals surface area contributed by atoms with Gasteiger partial charge < -0.3 is 9.92 Å². The maximum absolute atomic E-state index is 11.4. The molecule has 3 nitrogen and oxygen atoms in total. The number of rotatable bonds is 4. The summed E-state index contributed by atoms with van der Waals surface area (Å²) < 4.78 is 0. The predicted octanol–water partition coefficient (Wildman–Crippen LogP) is 7.58. The Kier molecular flexibility index (Phi) is 5.71. The van der Waals surface area contributed by atoms with E-state index in [4.69, 9.17) is 4.98 Å². The first-order chi connectivity index (χ1) is 19.2. The van der Waals surface area contributed by atoms with Crippen molar-refractivity contribution in [3.05, 3.63) is 140 Å². The molecule has 39 heavy (non-hydrogen) atoms. The van der Waals surface area contributed by atoms with Gasteiger partial charge in [0, 0.05) is 22.4 Å². The topological polar surface area (TPSA) is 36.4 Å². The molecule has 0 aliphatic carbocycles. The summed E-state index contributed by atoms with van der Waals surface area (Å²) in [7, 11) is 0.694. The lowest BCUT2D eigenvalue weighted by Gasteiger charge is -2.33. The molecular formula is C35H25BN2O. The summed E-state index contributed by atoms with van der Waals surface area (Å²) in [6.07, 6.45) is 0. The molecule has 4 heteroatoms. The second-order valence-electron chi connectivity index (χ2n) is 9.82. The lowest BCUT2D eigenvalue weighted by Crippen LogP contribution is -2.37. The van der Waals surface area contributed by atoms with Crippen LogP contribution in [0.1, 0.15) is 0 Å². The van der Waals surface area contributed by atoms with Crippen LogP contribution in [0.3, 0.4) is 0 Å². The minimum absolute atomic E-state index is 0.231. The average molecular weight is 500 g/mol. The van der Waals surface area contributed by atoms with Crippen LogP contribution in [0, 0.1) is 0 Å². The third kappa shape index (κ3) is 4.26. The van der Waals surface area contributed by atoms with E-state index in [0.29, 0.717) is 7.41 Å². The number of aromatic hydroxyl groups is 1. The number of anilines is 2. The summed E-state index contributed by atoms with van der Waals surface area (Å²) in [5.41, 5.74) is 11.4. The van der Waals surface area contributed by atoms with Crippen molar-refractivity contribution in [2.45, 2.75) is 0 Å². The fraction of sp³-hybridized carbons (Fsp3) is 0. The minimum Gasteiger partial charge on any atom is -0.506 e. The molecule has 2 heterocycles. The summed E-state index contributed by atoms with van der Waals surface area (Å²) in [5, 5.41) is 11.4. The molecule has 0 atom stereocenters. The van der Waals surface area contributed by atoms with Crippen LogP contribution in [0.4, 0.5) is 11.4 Å². The van der Waals surface area contributed by atoms with E-state index >= 15 is 0 Å². The number of para-hydroxylation sites is 1. The van der Waals surface area contributed by atoms with Crippen LogP contribution in [0.2, 0.25) is 0 Å². The molecule has 0 fully saturated rings. The molecule has 0 saturated carbocycles. The van der Waals surface area contributed by atoms with Crippen LogP contribution in [-0.2, 0) is 0 Å². The number of benzene rings is 5. The van der Waals surface area contributed by atoms with Gasteiger partial charge in [-0.3, -0.25) is 0 Å². The molecule has 0 amide bonds. The van der Waals surface area contributed by atoms with Gasteiger partial charge in [0.2, 0.25) is 0 Å². The number of nitrogens with zero attached hydrogens (tertiary/aromatic N) is 2. The van der Waals surface area contributed by atoms with Gasteiger partial charge in [0.15, 0.2) is 0 Å². The summed E-state index contributed by atoms with van der Waals surface area (Å²) in [6, 6.07) is 47.6. The smallest absolute Gasteiger partial charge is 0.276 e. The van der Waals surface area contributed by atoms with Gasteiger partial charge in [0.25, 0.3) is 7.41 Å². The number of phenolic OH excluding ortho intramolecular Hbond substituents is 1. The molecule has 0 saturated heterocycles. The lowest BCUT2D eigenvalue weighted by atomic mass is 9.71. The zero-order chi connectivity index (χ0) is 26.2. The summed E-state index contributed by atoms with van der Waals surface area (Å²) in [6.45, 7) is 0. The first-order valence-electron chi connectivity index (χ1n) is 13.2. The van der Waals surface area contributed by atoms with E-state index in [-0.39, 0.29) is 5.75 Å². The number of fused-ring (bicyclic) bond motifs is 3. The third-order valence-electron chi connectivity index (χ3n) is 7.39. The summed E-state index contributed by atoms with van der Waals surface area (Å²) in [4.78, 5) is 7.22. The Balaban J connectivity index is 1.32. The second-order valence-corrected chi connectivity index (χ2v) is 9.82. The number of hydrogen-bond donors (Lipinski definition) is 1. The quantitative estimate of drug-likeness (QED) is 0.254.